The van der Waals surface area contributed by atoms with E-state index in [-0.39, 0.29) is 25.7 Å². The third-order valence-electron chi connectivity index (χ3n) is 20.2. The average molecular weight is 1480 g/mol. The van der Waals surface area contributed by atoms with Gasteiger partial charge in [0.2, 0.25) is 0 Å². The highest BCUT2D eigenvalue weighted by atomic mass is 31.2. The van der Waals surface area contributed by atoms with Crippen LogP contribution in [0.5, 0.6) is 0 Å². The fraction of sp³-hybridized carbons (Fsp3) is 0.951. The maximum atomic E-state index is 13.1. The number of aliphatic hydroxyl groups is 1. The topological polar surface area (TPSA) is 237 Å². The van der Waals surface area contributed by atoms with Crippen LogP contribution in [0.15, 0.2) is 0 Å². The number of rotatable bonds is 79. The van der Waals surface area contributed by atoms with Crippen LogP contribution in [0.4, 0.5) is 0 Å². The first-order valence-electron chi connectivity index (χ1n) is 42.3. The lowest BCUT2D eigenvalue weighted by Crippen LogP contribution is -2.30. The van der Waals surface area contributed by atoms with Crippen LogP contribution in [0.25, 0.3) is 0 Å². The molecule has 0 saturated carbocycles. The van der Waals surface area contributed by atoms with Crippen molar-refractivity contribution >= 4 is 39.5 Å². The number of hydrogen-bond donors (Lipinski definition) is 3. The molecule has 19 heteroatoms. The van der Waals surface area contributed by atoms with Gasteiger partial charge in [-0.1, -0.05) is 370 Å². The highest BCUT2D eigenvalue weighted by Gasteiger charge is 2.30. The zero-order valence-electron chi connectivity index (χ0n) is 66.5. The molecule has 0 amide bonds. The first-order valence-corrected chi connectivity index (χ1v) is 45.3. The van der Waals surface area contributed by atoms with Gasteiger partial charge < -0.3 is 33.8 Å². The van der Waals surface area contributed by atoms with E-state index in [0.29, 0.717) is 25.7 Å². The molecule has 0 aromatic rings. The molecule has 0 bridgehead atoms. The van der Waals surface area contributed by atoms with Crippen molar-refractivity contribution < 1.29 is 80.2 Å². The number of phosphoric acid groups is 2. The van der Waals surface area contributed by atoms with Gasteiger partial charge in [0.05, 0.1) is 26.4 Å². The van der Waals surface area contributed by atoms with Crippen molar-refractivity contribution in [3.05, 3.63) is 0 Å². The lowest BCUT2D eigenvalue weighted by molar-refractivity contribution is -0.161. The predicted octanol–water partition coefficient (Wildman–Crippen LogP) is 24.4. The van der Waals surface area contributed by atoms with Gasteiger partial charge in [0.25, 0.3) is 0 Å². The summed E-state index contributed by atoms with van der Waals surface area (Å²) in [6.45, 7) is 14.3. The number of hydrogen-bond acceptors (Lipinski definition) is 15. The third-order valence-corrected chi connectivity index (χ3v) is 22.1. The van der Waals surface area contributed by atoms with E-state index in [1.807, 2.05) is 0 Å². The molecule has 0 saturated heterocycles. The minimum atomic E-state index is -4.96. The monoisotopic (exact) mass is 1480 g/mol. The fourth-order valence-electron chi connectivity index (χ4n) is 12.5. The van der Waals surface area contributed by atoms with Crippen molar-refractivity contribution in [3.63, 3.8) is 0 Å². The Kier molecular flexibility index (Phi) is 69.6. The Balaban J connectivity index is 5.13. The van der Waals surface area contributed by atoms with E-state index in [1.54, 1.807) is 0 Å². The SMILES string of the molecule is CCC(C)CCCCCCCCCCCCCCCCCCCCC(=O)OC[C@H](COP(=O)(O)OC[C@@H](O)COP(=O)(O)OC[C@@H](COC(=O)CCCCCCCCC(C)CC)OC(=O)CCCCCCCCCCCCCCCCCCC(C)C)OC(=O)CCCCCCCCC(C)CC. The minimum absolute atomic E-state index is 0.103. The quantitative estimate of drug-likeness (QED) is 0.0222. The van der Waals surface area contributed by atoms with Gasteiger partial charge in [-0.2, -0.15) is 0 Å². The van der Waals surface area contributed by atoms with Crippen molar-refractivity contribution in [2.75, 3.05) is 39.6 Å². The largest absolute Gasteiger partial charge is 0.472 e. The van der Waals surface area contributed by atoms with Gasteiger partial charge in [0.15, 0.2) is 12.2 Å². The molecule has 600 valence electrons. The summed E-state index contributed by atoms with van der Waals surface area (Å²) in [6, 6.07) is 0. The van der Waals surface area contributed by atoms with Crippen molar-refractivity contribution in [2.24, 2.45) is 23.7 Å². The molecule has 0 heterocycles. The molecule has 0 spiro atoms. The maximum Gasteiger partial charge on any atom is 0.472 e. The molecule has 0 aliphatic heterocycles. The number of unbranched alkanes of at least 4 members (excludes halogenated alkanes) is 42. The minimum Gasteiger partial charge on any atom is -0.462 e. The van der Waals surface area contributed by atoms with E-state index in [2.05, 4.69) is 55.4 Å². The molecular formula is C82H160O17P2. The molecule has 0 aromatic heterocycles. The molecule has 0 radical (unpaired) electrons. The summed E-state index contributed by atoms with van der Waals surface area (Å²) in [5.41, 5.74) is 0. The number of aliphatic hydroxyl groups excluding tert-OH is 1. The van der Waals surface area contributed by atoms with Crippen molar-refractivity contribution in [1.82, 2.24) is 0 Å². The fourth-order valence-corrected chi connectivity index (χ4v) is 14.1. The van der Waals surface area contributed by atoms with Gasteiger partial charge in [-0.05, 0) is 49.4 Å². The zero-order valence-corrected chi connectivity index (χ0v) is 68.3. The second-order valence-electron chi connectivity index (χ2n) is 30.7. The van der Waals surface area contributed by atoms with E-state index in [4.69, 9.17) is 37.0 Å². The Morgan fingerprint density at radius 2 is 0.475 bits per heavy atom. The van der Waals surface area contributed by atoms with E-state index in [9.17, 15) is 43.2 Å². The van der Waals surface area contributed by atoms with Crippen LogP contribution >= 0.6 is 15.6 Å². The summed E-state index contributed by atoms with van der Waals surface area (Å²) in [5.74, 6) is 1.02. The Bertz CT molecular complexity index is 1980. The van der Waals surface area contributed by atoms with E-state index in [0.717, 1.165) is 120 Å². The number of ether oxygens (including phenoxy) is 4. The molecule has 3 N–H and O–H groups in total. The highest BCUT2D eigenvalue weighted by Crippen LogP contribution is 2.45. The van der Waals surface area contributed by atoms with Crippen LogP contribution in [0.2, 0.25) is 0 Å². The van der Waals surface area contributed by atoms with E-state index in [1.165, 1.54) is 218 Å². The van der Waals surface area contributed by atoms with Crippen LogP contribution in [-0.2, 0) is 65.4 Å². The molecule has 8 atom stereocenters. The highest BCUT2D eigenvalue weighted by molar-refractivity contribution is 7.47. The number of esters is 4. The van der Waals surface area contributed by atoms with Gasteiger partial charge in [-0.15, -0.1) is 0 Å². The van der Waals surface area contributed by atoms with Crippen LogP contribution in [0.1, 0.15) is 421 Å². The molecule has 0 rings (SSSR count). The molecule has 0 fully saturated rings. The normalized spacial score (nSPS) is 14.8. The third kappa shape index (κ3) is 72.1. The summed E-state index contributed by atoms with van der Waals surface area (Å²) < 4.78 is 68.7. The van der Waals surface area contributed by atoms with Crippen molar-refractivity contribution in [1.29, 1.82) is 0 Å². The average Bonchev–Trinajstić information content (AvgIpc) is 0.923. The molecular weight excluding hydrogens is 1320 g/mol. The first-order chi connectivity index (χ1) is 48.7. The number of carbonyl (C=O) groups excluding carboxylic acids is 4. The Morgan fingerprint density at radius 3 is 0.703 bits per heavy atom. The second kappa shape index (κ2) is 71.0. The van der Waals surface area contributed by atoms with Crippen LogP contribution in [0, 0.1) is 23.7 Å². The summed E-state index contributed by atoms with van der Waals surface area (Å²) in [5, 5.41) is 10.6. The van der Waals surface area contributed by atoms with Crippen LogP contribution in [0.3, 0.4) is 0 Å². The standard InChI is InChI=1S/C82H160O17P2/c1-9-73(6)59-51-43-35-31-27-23-19-14-12-13-15-20-24-28-32-36-46-54-62-79(84)92-68-78(99-82(87)65-57-49-41-39-45-53-61-75(8)11-3)71-97-101(90,91)95-67-76(83)66-94-100(88,89)96-70-77(69-93-80(85)63-55-47-40-38-44-52-60-74(7)10-2)98-81(86)64-56-48-37-33-29-25-21-17-16-18-22-26-30-34-42-50-58-72(4)5/h72-78,83H,9-71H2,1-8H3,(H,88,89)(H,90,91)/t73?,74?,75?,76-,77+,78+/m0/s1. The van der Waals surface area contributed by atoms with Gasteiger partial charge >= 0.3 is 39.5 Å². The summed E-state index contributed by atoms with van der Waals surface area (Å²) in [6.07, 6.45) is 58.5. The molecule has 0 aromatic carbocycles. The Morgan fingerprint density at radius 1 is 0.277 bits per heavy atom. The zero-order chi connectivity index (χ0) is 74.6. The summed E-state index contributed by atoms with van der Waals surface area (Å²) in [4.78, 5) is 73.0. The van der Waals surface area contributed by atoms with Gasteiger partial charge in [0.1, 0.15) is 19.3 Å². The lowest BCUT2D eigenvalue weighted by atomic mass is 9.99. The molecule has 0 aliphatic rings. The number of phosphoric ester groups is 2. The number of carbonyl (C=O) groups is 4. The summed E-state index contributed by atoms with van der Waals surface area (Å²) in [7, 11) is -9.92. The lowest BCUT2D eigenvalue weighted by Gasteiger charge is -2.21. The van der Waals surface area contributed by atoms with Crippen LogP contribution < -0.4 is 0 Å². The molecule has 101 heavy (non-hydrogen) atoms. The van der Waals surface area contributed by atoms with Gasteiger partial charge in [0, 0.05) is 25.7 Å². The van der Waals surface area contributed by atoms with Crippen LogP contribution in [-0.4, -0.2) is 96.7 Å². The van der Waals surface area contributed by atoms with Crippen molar-refractivity contribution in [3.8, 4) is 0 Å². The van der Waals surface area contributed by atoms with Crippen molar-refractivity contribution in [2.45, 2.75) is 440 Å². The van der Waals surface area contributed by atoms with E-state index < -0.39 is 97.5 Å². The molecule has 5 unspecified atom stereocenters. The predicted molar refractivity (Wildman–Crippen MR) is 414 cm³/mol. The van der Waals surface area contributed by atoms with E-state index >= 15 is 0 Å². The second-order valence-corrected chi connectivity index (χ2v) is 33.6. The smallest absolute Gasteiger partial charge is 0.462 e. The summed E-state index contributed by atoms with van der Waals surface area (Å²) >= 11 is 0. The maximum absolute atomic E-state index is 13.1. The molecule has 17 nitrogen and oxygen atoms in total. The Hall–Kier alpha value is -1.94. The van der Waals surface area contributed by atoms with Gasteiger partial charge in [-0.3, -0.25) is 37.3 Å². The van der Waals surface area contributed by atoms with Gasteiger partial charge in [-0.25, -0.2) is 9.13 Å². The first kappa shape index (κ1) is 99.1. The Labute approximate surface area is 619 Å². The molecule has 0 aliphatic carbocycles.